The van der Waals surface area contributed by atoms with Gasteiger partial charge in [0.25, 0.3) is 5.56 Å². The fourth-order valence-electron chi connectivity index (χ4n) is 2.41. The monoisotopic (exact) mass is 344 g/mol. The second-order valence-electron chi connectivity index (χ2n) is 6.42. The Kier molecular flexibility index (Phi) is 4.01. The van der Waals surface area contributed by atoms with Crippen LogP contribution in [0.2, 0.25) is 5.02 Å². The van der Waals surface area contributed by atoms with Gasteiger partial charge in [0.05, 0.1) is 17.5 Å². The Morgan fingerprint density at radius 2 is 1.96 bits per heavy atom. The first-order chi connectivity index (χ1) is 11.3. The number of methoxy groups -OCH3 is 1. The van der Waals surface area contributed by atoms with Gasteiger partial charge in [-0.15, -0.1) is 0 Å². The Bertz CT molecular complexity index is 976. The molecule has 3 aromatic heterocycles. The van der Waals surface area contributed by atoms with Crippen molar-refractivity contribution in [3.63, 3.8) is 0 Å². The molecule has 0 bridgehead atoms. The molecule has 124 valence electrons. The van der Waals surface area contributed by atoms with Crippen molar-refractivity contribution >= 4 is 22.5 Å². The number of nitrogens with zero attached hydrogens (tertiary/aromatic N) is 3. The van der Waals surface area contributed by atoms with Crippen LogP contribution in [0, 0.1) is 0 Å². The van der Waals surface area contributed by atoms with E-state index in [9.17, 15) is 4.79 Å². The summed E-state index contributed by atoms with van der Waals surface area (Å²) in [4.78, 5) is 28.6. The molecule has 24 heavy (non-hydrogen) atoms. The van der Waals surface area contributed by atoms with Crippen LogP contribution < -0.4 is 10.3 Å². The number of ether oxygens (including phenoxy) is 1. The summed E-state index contributed by atoms with van der Waals surface area (Å²) in [7, 11) is 1.50. The van der Waals surface area contributed by atoms with Crippen molar-refractivity contribution in [1.29, 1.82) is 0 Å². The van der Waals surface area contributed by atoms with Gasteiger partial charge in [0.1, 0.15) is 11.3 Å². The molecular formula is C17H17ClN4O2. The first-order valence-corrected chi connectivity index (χ1v) is 7.78. The smallest absolute Gasteiger partial charge is 0.259 e. The molecular weight excluding hydrogens is 328 g/mol. The van der Waals surface area contributed by atoms with E-state index < -0.39 is 0 Å². The van der Waals surface area contributed by atoms with Gasteiger partial charge in [-0.05, 0) is 6.07 Å². The van der Waals surface area contributed by atoms with Crippen molar-refractivity contribution in [3.05, 3.63) is 45.9 Å². The number of rotatable bonds is 2. The largest absolute Gasteiger partial charge is 0.479 e. The van der Waals surface area contributed by atoms with Crippen molar-refractivity contribution in [1.82, 2.24) is 19.9 Å². The average molecular weight is 345 g/mol. The van der Waals surface area contributed by atoms with E-state index in [1.165, 1.54) is 7.11 Å². The molecule has 7 heteroatoms. The highest BCUT2D eigenvalue weighted by Crippen LogP contribution is 2.33. The van der Waals surface area contributed by atoms with E-state index in [0.29, 0.717) is 38.8 Å². The Hall–Kier alpha value is -2.47. The van der Waals surface area contributed by atoms with Crippen LogP contribution in [0.4, 0.5) is 0 Å². The van der Waals surface area contributed by atoms with E-state index in [1.807, 2.05) is 20.8 Å². The lowest BCUT2D eigenvalue weighted by atomic mass is 9.95. The van der Waals surface area contributed by atoms with Gasteiger partial charge in [0, 0.05) is 35.1 Å². The molecule has 0 atom stereocenters. The lowest BCUT2D eigenvalue weighted by Gasteiger charge is -2.18. The Morgan fingerprint density at radius 3 is 2.58 bits per heavy atom. The van der Waals surface area contributed by atoms with Gasteiger partial charge in [-0.3, -0.25) is 9.78 Å². The molecule has 0 amide bonds. The number of H-pyrrole nitrogens is 1. The Morgan fingerprint density at radius 1 is 1.21 bits per heavy atom. The molecule has 6 nitrogen and oxygen atoms in total. The predicted octanol–water partition coefficient (Wildman–Crippen LogP) is 3.34. The standard InChI is InChI=1S/C17H17ClN4O2/c1-17(2,3)16-21-13-12(14(23)22-16)10(8-20-15(13)24-4)9-7-19-6-5-11(9)18/h5-8H,1-4H3,(H,21,22,23). The molecule has 0 saturated heterocycles. The summed E-state index contributed by atoms with van der Waals surface area (Å²) in [6, 6.07) is 1.66. The molecule has 3 aromatic rings. The molecule has 0 unspecified atom stereocenters. The van der Waals surface area contributed by atoms with Crippen LogP contribution in [-0.2, 0) is 5.41 Å². The van der Waals surface area contributed by atoms with E-state index in [2.05, 4.69) is 19.9 Å². The summed E-state index contributed by atoms with van der Waals surface area (Å²) in [5, 5.41) is 0.863. The molecule has 0 aliphatic rings. The van der Waals surface area contributed by atoms with Crippen LogP contribution in [0.25, 0.3) is 22.0 Å². The van der Waals surface area contributed by atoms with Gasteiger partial charge in [0.2, 0.25) is 5.88 Å². The highest BCUT2D eigenvalue weighted by atomic mass is 35.5. The summed E-state index contributed by atoms with van der Waals surface area (Å²) in [6.07, 6.45) is 4.74. The maximum atomic E-state index is 12.8. The molecule has 0 spiro atoms. The maximum Gasteiger partial charge on any atom is 0.259 e. The highest BCUT2D eigenvalue weighted by molar-refractivity contribution is 6.33. The summed E-state index contributed by atoms with van der Waals surface area (Å²) in [5.74, 6) is 0.861. The zero-order chi connectivity index (χ0) is 17.5. The third-order valence-corrected chi connectivity index (χ3v) is 3.99. The molecule has 3 heterocycles. The van der Waals surface area contributed by atoms with E-state index >= 15 is 0 Å². The van der Waals surface area contributed by atoms with Gasteiger partial charge in [0.15, 0.2) is 0 Å². The molecule has 1 N–H and O–H groups in total. The number of aromatic nitrogens is 4. The first kappa shape index (κ1) is 16.4. The van der Waals surface area contributed by atoms with E-state index in [0.717, 1.165) is 0 Å². The van der Waals surface area contributed by atoms with Crippen LogP contribution in [0.15, 0.2) is 29.5 Å². The SMILES string of the molecule is COc1ncc(-c2cnccc2Cl)c2c(=O)[nH]c(C(C)(C)C)nc12. The Labute approximate surface area is 143 Å². The van der Waals surface area contributed by atoms with E-state index in [1.54, 1.807) is 24.7 Å². The van der Waals surface area contributed by atoms with E-state index in [4.69, 9.17) is 16.3 Å². The fraction of sp³-hybridized carbons (Fsp3) is 0.294. The number of fused-ring (bicyclic) bond motifs is 1. The molecule has 0 radical (unpaired) electrons. The maximum absolute atomic E-state index is 12.8. The van der Waals surface area contributed by atoms with Crippen molar-refractivity contribution in [2.75, 3.05) is 7.11 Å². The second-order valence-corrected chi connectivity index (χ2v) is 6.83. The minimum absolute atomic E-state index is 0.263. The molecule has 0 aliphatic heterocycles. The summed E-state index contributed by atoms with van der Waals surface area (Å²) in [6.45, 7) is 5.91. The van der Waals surface area contributed by atoms with Gasteiger partial charge < -0.3 is 9.72 Å². The number of aromatic amines is 1. The third-order valence-electron chi connectivity index (χ3n) is 3.66. The first-order valence-electron chi connectivity index (χ1n) is 7.40. The van der Waals surface area contributed by atoms with E-state index in [-0.39, 0.29) is 11.0 Å². The van der Waals surface area contributed by atoms with Gasteiger partial charge >= 0.3 is 0 Å². The van der Waals surface area contributed by atoms with Gasteiger partial charge in [-0.25, -0.2) is 9.97 Å². The van der Waals surface area contributed by atoms with Gasteiger partial charge in [-0.1, -0.05) is 32.4 Å². The van der Waals surface area contributed by atoms with Crippen molar-refractivity contribution < 1.29 is 4.74 Å². The number of hydrogen-bond acceptors (Lipinski definition) is 5. The third kappa shape index (κ3) is 2.73. The van der Waals surface area contributed by atoms with Crippen LogP contribution >= 0.6 is 11.6 Å². The predicted molar refractivity (Wildman–Crippen MR) is 93.7 cm³/mol. The fourth-order valence-corrected chi connectivity index (χ4v) is 2.62. The summed E-state index contributed by atoms with van der Waals surface area (Å²) < 4.78 is 5.30. The van der Waals surface area contributed by atoms with Crippen LogP contribution in [0.3, 0.4) is 0 Å². The molecule has 0 saturated carbocycles. The minimum atomic E-state index is -0.319. The molecule has 0 aliphatic carbocycles. The van der Waals surface area contributed by atoms with Crippen molar-refractivity contribution in [3.8, 4) is 17.0 Å². The summed E-state index contributed by atoms with van der Waals surface area (Å²) >= 11 is 6.26. The zero-order valence-corrected chi connectivity index (χ0v) is 14.6. The normalized spacial score (nSPS) is 11.7. The van der Waals surface area contributed by atoms with Crippen LogP contribution in [0.5, 0.6) is 5.88 Å². The van der Waals surface area contributed by atoms with Crippen molar-refractivity contribution in [2.24, 2.45) is 0 Å². The quantitative estimate of drug-likeness (QED) is 0.771. The molecule has 0 aromatic carbocycles. The van der Waals surface area contributed by atoms with Gasteiger partial charge in [-0.2, -0.15) is 0 Å². The lowest BCUT2D eigenvalue weighted by Crippen LogP contribution is -2.22. The zero-order valence-electron chi connectivity index (χ0n) is 13.8. The molecule has 0 fully saturated rings. The Balaban J connectivity index is 2.43. The summed E-state index contributed by atoms with van der Waals surface area (Å²) in [5.41, 5.74) is 1.01. The average Bonchev–Trinajstić information content (AvgIpc) is 2.53. The topological polar surface area (TPSA) is 80.8 Å². The second kappa shape index (κ2) is 5.87. The van der Waals surface area contributed by atoms with Crippen LogP contribution in [-0.4, -0.2) is 27.0 Å². The number of hydrogen-bond donors (Lipinski definition) is 1. The van der Waals surface area contributed by atoms with Crippen LogP contribution in [0.1, 0.15) is 26.6 Å². The van der Waals surface area contributed by atoms with Crippen molar-refractivity contribution in [2.45, 2.75) is 26.2 Å². The molecule has 3 rings (SSSR count). The number of halogens is 1. The number of pyridine rings is 2. The number of nitrogens with one attached hydrogen (secondary N) is 1. The lowest BCUT2D eigenvalue weighted by molar-refractivity contribution is 0.402. The minimum Gasteiger partial charge on any atom is -0.479 e. The highest BCUT2D eigenvalue weighted by Gasteiger charge is 2.22.